The fraction of sp³-hybridized carbons (Fsp3) is 0.231. The van der Waals surface area contributed by atoms with Gasteiger partial charge in [0.15, 0.2) is 5.69 Å². The van der Waals surface area contributed by atoms with Crippen LogP contribution in [-0.4, -0.2) is 41.5 Å². The minimum absolute atomic E-state index is 0.157. The molecule has 0 radical (unpaired) electrons. The number of hydrogen-bond donors (Lipinski definition) is 2. The number of carbonyl (C=O) groups is 1. The molecule has 0 fully saturated rings. The highest BCUT2D eigenvalue weighted by Crippen LogP contribution is 2.28. The zero-order valence-electron chi connectivity index (χ0n) is 21.4. The zero-order chi connectivity index (χ0) is 27.1. The monoisotopic (exact) mass is 548 g/mol. The molecule has 4 heterocycles. The Kier molecular flexibility index (Phi) is 6.80. The maximum absolute atomic E-state index is 13.5. The number of rotatable bonds is 6. The van der Waals surface area contributed by atoms with Crippen molar-refractivity contribution >= 4 is 56.9 Å². The number of anilines is 1. The third-order valence-corrected chi connectivity index (χ3v) is 6.75. The predicted octanol–water partition coefficient (Wildman–Crippen LogP) is 4.42. The van der Waals surface area contributed by atoms with E-state index in [-0.39, 0.29) is 22.3 Å². The molecule has 0 saturated carbocycles. The Morgan fingerprint density at radius 2 is 1.89 bits per heavy atom. The molecule has 38 heavy (non-hydrogen) atoms. The second-order valence-corrected chi connectivity index (χ2v) is 9.95. The van der Waals surface area contributed by atoms with Gasteiger partial charge in [0.05, 0.1) is 28.3 Å². The standard InChI is InChI=1S/C26H25ClN8O2S/c1-13-10-17-22(21(28-13)14(2)29-19-8-9-20(27)30-23(19)25(36)33-38-5)31-24(35(4)26(17)37)15-6-7-18-16(11-15)12-34(3)32-18/h6-12,14,29H,1-5H3,(H,33,36). The number of aromatic nitrogens is 6. The second kappa shape index (κ2) is 10.1. The summed E-state index contributed by atoms with van der Waals surface area (Å²) in [7, 11) is 3.58. The number of benzene rings is 1. The Bertz CT molecular complexity index is 1780. The van der Waals surface area contributed by atoms with E-state index in [2.05, 4.69) is 20.1 Å². The summed E-state index contributed by atoms with van der Waals surface area (Å²) in [6.45, 7) is 3.73. The van der Waals surface area contributed by atoms with Gasteiger partial charge in [0.1, 0.15) is 16.5 Å². The molecular formula is C26H25ClN8O2S. The first-order chi connectivity index (χ1) is 18.2. The van der Waals surface area contributed by atoms with Crippen molar-refractivity contribution in [3.63, 3.8) is 0 Å². The first kappa shape index (κ1) is 25.7. The van der Waals surface area contributed by atoms with E-state index in [4.69, 9.17) is 21.6 Å². The first-order valence-electron chi connectivity index (χ1n) is 11.7. The maximum Gasteiger partial charge on any atom is 0.281 e. The van der Waals surface area contributed by atoms with E-state index in [0.717, 1.165) is 16.5 Å². The van der Waals surface area contributed by atoms with Crippen LogP contribution in [0, 0.1) is 6.92 Å². The van der Waals surface area contributed by atoms with Crippen molar-refractivity contribution in [1.29, 1.82) is 0 Å². The molecule has 0 spiro atoms. The van der Waals surface area contributed by atoms with Gasteiger partial charge in [0.25, 0.3) is 11.5 Å². The van der Waals surface area contributed by atoms with Crippen molar-refractivity contribution in [2.75, 3.05) is 11.6 Å². The molecule has 0 aliphatic carbocycles. The van der Waals surface area contributed by atoms with Gasteiger partial charge >= 0.3 is 0 Å². The molecule has 194 valence electrons. The number of amides is 1. The molecule has 5 rings (SSSR count). The minimum Gasteiger partial charge on any atom is -0.375 e. The average molecular weight is 549 g/mol. The molecule has 0 bridgehead atoms. The number of fused-ring (bicyclic) bond motifs is 2. The second-order valence-electron chi connectivity index (χ2n) is 8.95. The molecule has 12 heteroatoms. The highest BCUT2D eigenvalue weighted by atomic mass is 35.5. The molecule has 4 aromatic heterocycles. The van der Waals surface area contributed by atoms with Gasteiger partial charge in [0, 0.05) is 43.2 Å². The molecule has 1 aromatic carbocycles. The van der Waals surface area contributed by atoms with Crippen molar-refractivity contribution in [1.82, 2.24) is 34.0 Å². The lowest BCUT2D eigenvalue weighted by Crippen LogP contribution is -2.23. The van der Waals surface area contributed by atoms with Crippen molar-refractivity contribution < 1.29 is 4.79 Å². The van der Waals surface area contributed by atoms with Crippen LogP contribution in [-0.2, 0) is 14.1 Å². The number of aryl methyl sites for hydroxylation is 2. The van der Waals surface area contributed by atoms with Crippen LogP contribution in [0.2, 0.25) is 5.15 Å². The lowest BCUT2D eigenvalue weighted by molar-refractivity contribution is 0.0980. The van der Waals surface area contributed by atoms with E-state index in [1.807, 2.05) is 45.3 Å². The van der Waals surface area contributed by atoms with Crippen molar-refractivity contribution in [2.24, 2.45) is 14.1 Å². The molecule has 1 atom stereocenters. The van der Waals surface area contributed by atoms with Gasteiger partial charge in [-0.05, 0) is 50.2 Å². The molecule has 1 unspecified atom stereocenters. The Labute approximate surface area is 227 Å². The van der Waals surface area contributed by atoms with Gasteiger partial charge in [-0.15, -0.1) is 0 Å². The third kappa shape index (κ3) is 4.70. The SMILES string of the molecule is CSNC(=O)c1nc(Cl)ccc1NC(C)c1nc(C)cc2c(=O)n(C)c(-c3ccc4nn(C)cc4c3)nc12. The van der Waals surface area contributed by atoms with E-state index in [9.17, 15) is 9.59 Å². The molecule has 0 saturated heterocycles. The van der Waals surface area contributed by atoms with Gasteiger partial charge in [-0.1, -0.05) is 23.5 Å². The van der Waals surface area contributed by atoms with Crippen LogP contribution in [0.15, 0.2) is 47.4 Å². The van der Waals surface area contributed by atoms with Gasteiger partial charge in [0.2, 0.25) is 0 Å². The van der Waals surface area contributed by atoms with Crippen LogP contribution in [0.4, 0.5) is 5.69 Å². The summed E-state index contributed by atoms with van der Waals surface area (Å²) in [5.74, 6) is 0.136. The van der Waals surface area contributed by atoms with Gasteiger partial charge in [-0.3, -0.25) is 28.5 Å². The Balaban J connectivity index is 1.64. The van der Waals surface area contributed by atoms with E-state index in [1.165, 1.54) is 11.9 Å². The van der Waals surface area contributed by atoms with Crippen LogP contribution >= 0.6 is 23.5 Å². The van der Waals surface area contributed by atoms with Gasteiger partial charge in [-0.2, -0.15) is 5.10 Å². The topological polar surface area (TPSA) is 120 Å². The van der Waals surface area contributed by atoms with Crippen molar-refractivity contribution in [2.45, 2.75) is 19.9 Å². The minimum atomic E-state index is -0.422. The summed E-state index contributed by atoms with van der Waals surface area (Å²) in [5.41, 5.74) is 3.85. The predicted molar refractivity (Wildman–Crippen MR) is 151 cm³/mol. The van der Waals surface area contributed by atoms with Crippen LogP contribution < -0.4 is 15.6 Å². The van der Waals surface area contributed by atoms with E-state index < -0.39 is 6.04 Å². The van der Waals surface area contributed by atoms with Crippen LogP contribution in [0.1, 0.15) is 34.8 Å². The maximum atomic E-state index is 13.5. The molecule has 0 aliphatic heterocycles. The molecule has 0 aliphatic rings. The quantitative estimate of drug-likeness (QED) is 0.236. The Hall–Kier alpha value is -3.96. The number of halogens is 1. The molecule has 10 nitrogen and oxygen atoms in total. The average Bonchev–Trinajstić information content (AvgIpc) is 3.26. The lowest BCUT2D eigenvalue weighted by atomic mass is 10.1. The smallest absolute Gasteiger partial charge is 0.281 e. The van der Waals surface area contributed by atoms with Crippen molar-refractivity contribution in [3.8, 4) is 11.4 Å². The van der Waals surface area contributed by atoms with E-state index >= 15 is 0 Å². The first-order valence-corrected chi connectivity index (χ1v) is 13.3. The summed E-state index contributed by atoms with van der Waals surface area (Å²) in [4.78, 5) is 40.0. The Morgan fingerprint density at radius 1 is 1.11 bits per heavy atom. The molecule has 1 amide bonds. The number of nitrogens with one attached hydrogen (secondary N) is 2. The summed E-state index contributed by atoms with van der Waals surface area (Å²) < 4.78 is 5.97. The van der Waals surface area contributed by atoms with E-state index in [0.29, 0.717) is 33.8 Å². The summed E-state index contributed by atoms with van der Waals surface area (Å²) >= 11 is 7.24. The highest BCUT2D eigenvalue weighted by Gasteiger charge is 2.21. The summed E-state index contributed by atoms with van der Waals surface area (Å²) in [6, 6.07) is 10.4. The van der Waals surface area contributed by atoms with Crippen molar-refractivity contribution in [3.05, 3.63) is 75.2 Å². The fourth-order valence-corrected chi connectivity index (χ4v) is 4.87. The highest BCUT2D eigenvalue weighted by molar-refractivity contribution is 7.97. The number of pyridine rings is 2. The fourth-order valence-electron chi connectivity index (χ4n) is 4.44. The zero-order valence-corrected chi connectivity index (χ0v) is 23.0. The van der Waals surface area contributed by atoms with Crippen LogP contribution in [0.3, 0.4) is 0 Å². The normalized spacial score (nSPS) is 12.2. The van der Waals surface area contributed by atoms with Gasteiger partial charge < -0.3 is 5.32 Å². The molecule has 5 aromatic rings. The molecule has 2 N–H and O–H groups in total. The van der Waals surface area contributed by atoms with E-state index in [1.54, 1.807) is 40.8 Å². The molecular weight excluding hydrogens is 524 g/mol. The largest absolute Gasteiger partial charge is 0.375 e. The third-order valence-electron chi connectivity index (χ3n) is 6.15. The van der Waals surface area contributed by atoms with Gasteiger partial charge in [-0.25, -0.2) is 9.97 Å². The van der Waals surface area contributed by atoms with Crippen LogP contribution in [0.5, 0.6) is 0 Å². The summed E-state index contributed by atoms with van der Waals surface area (Å²) in [6.07, 6.45) is 3.67. The number of nitrogens with zero attached hydrogens (tertiary/aromatic N) is 6. The summed E-state index contributed by atoms with van der Waals surface area (Å²) in [5, 5.41) is 9.36. The Morgan fingerprint density at radius 3 is 2.66 bits per heavy atom. The number of carbonyl (C=O) groups excluding carboxylic acids is 1. The van der Waals surface area contributed by atoms with Crippen LogP contribution in [0.25, 0.3) is 33.2 Å². The lowest BCUT2D eigenvalue weighted by Gasteiger charge is -2.19. The number of hydrogen-bond acceptors (Lipinski definition) is 8.